The zero-order valence-corrected chi connectivity index (χ0v) is 12.9. The highest BCUT2D eigenvalue weighted by Crippen LogP contribution is 2.39. The van der Waals surface area contributed by atoms with E-state index in [-0.39, 0.29) is 12.4 Å². The molecule has 0 radical (unpaired) electrons. The molecule has 0 saturated carbocycles. The molecular weight excluding hydrogens is 284 g/mol. The van der Waals surface area contributed by atoms with Crippen molar-refractivity contribution in [2.75, 3.05) is 6.61 Å². The number of phenols is 1. The van der Waals surface area contributed by atoms with E-state index in [1.165, 1.54) is 0 Å². The third-order valence-electron chi connectivity index (χ3n) is 4.01. The first-order chi connectivity index (χ1) is 11.3. The van der Waals surface area contributed by atoms with Crippen molar-refractivity contribution in [2.24, 2.45) is 0 Å². The Labute approximate surface area is 136 Å². The Kier molecular flexibility index (Phi) is 4.74. The number of aliphatic hydroxyl groups excluding tert-OH is 1. The quantitative estimate of drug-likeness (QED) is 0.720. The van der Waals surface area contributed by atoms with Crippen molar-refractivity contribution in [2.45, 2.75) is 12.8 Å². The minimum absolute atomic E-state index is 0.148. The fourth-order valence-electron chi connectivity index (χ4n) is 2.95. The van der Waals surface area contributed by atoms with Gasteiger partial charge in [-0.05, 0) is 41.2 Å². The zero-order chi connectivity index (χ0) is 16.1. The summed E-state index contributed by atoms with van der Waals surface area (Å²) in [5, 5.41) is 19.6. The van der Waals surface area contributed by atoms with E-state index >= 15 is 0 Å². The fourth-order valence-corrected chi connectivity index (χ4v) is 2.95. The summed E-state index contributed by atoms with van der Waals surface area (Å²) in [5.41, 5.74) is 5.16. The fraction of sp³-hybridized carbons (Fsp3) is 0.143. The Morgan fingerprint density at radius 1 is 0.696 bits per heavy atom. The summed E-state index contributed by atoms with van der Waals surface area (Å²) in [7, 11) is 0. The molecule has 0 aromatic heterocycles. The van der Waals surface area contributed by atoms with Crippen molar-refractivity contribution in [3.05, 3.63) is 78.4 Å². The van der Waals surface area contributed by atoms with Crippen LogP contribution in [0, 0.1) is 0 Å². The summed E-state index contributed by atoms with van der Waals surface area (Å²) < 4.78 is 0. The maximum atomic E-state index is 10.5. The van der Waals surface area contributed by atoms with Gasteiger partial charge in [0.2, 0.25) is 0 Å². The first-order valence-electron chi connectivity index (χ1n) is 7.88. The molecule has 0 heterocycles. The van der Waals surface area contributed by atoms with Crippen molar-refractivity contribution in [3.63, 3.8) is 0 Å². The highest BCUT2D eigenvalue weighted by atomic mass is 16.3. The van der Waals surface area contributed by atoms with Crippen LogP contribution in [0.4, 0.5) is 0 Å². The number of rotatable bonds is 5. The Hall–Kier alpha value is -2.58. The van der Waals surface area contributed by atoms with Crippen molar-refractivity contribution in [1.82, 2.24) is 0 Å². The number of aryl methyl sites for hydroxylation is 1. The van der Waals surface area contributed by atoms with Gasteiger partial charge in [0.25, 0.3) is 0 Å². The molecule has 3 aromatic carbocycles. The third-order valence-corrected chi connectivity index (χ3v) is 4.01. The van der Waals surface area contributed by atoms with Gasteiger partial charge in [-0.2, -0.15) is 0 Å². The van der Waals surface area contributed by atoms with Crippen molar-refractivity contribution < 1.29 is 10.2 Å². The van der Waals surface area contributed by atoms with E-state index in [0.29, 0.717) is 6.42 Å². The van der Waals surface area contributed by atoms with Crippen LogP contribution in [0.3, 0.4) is 0 Å². The Balaban J connectivity index is 2.17. The van der Waals surface area contributed by atoms with E-state index in [0.717, 1.165) is 34.2 Å². The summed E-state index contributed by atoms with van der Waals surface area (Å²) >= 11 is 0. The van der Waals surface area contributed by atoms with E-state index in [1.54, 1.807) is 6.07 Å². The molecule has 0 aliphatic heterocycles. The minimum atomic E-state index is 0.148. The predicted octanol–water partition coefficient (Wildman–Crippen LogP) is 4.65. The number of benzene rings is 3. The molecule has 0 amide bonds. The number of phenolic OH excluding ortho intramolecular Hbond substituents is 1. The van der Waals surface area contributed by atoms with Crippen LogP contribution < -0.4 is 0 Å². The molecular formula is C21H20O2. The molecule has 0 bridgehead atoms. The van der Waals surface area contributed by atoms with Crippen LogP contribution in [0.2, 0.25) is 0 Å². The Morgan fingerprint density at radius 2 is 1.39 bits per heavy atom. The Bertz CT molecular complexity index is 779. The molecule has 3 aromatic rings. The summed E-state index contributed by atoms with van der Waals surface area (Å²) in [4.78, 5) is 0. The highest BCUT2D eigenvalue weighted by molar-refractivity contribution is 5.87. The van der Waals surface area contributed by atoms with Gasteiger partial charge in [-0.15, -0.1) is 0 Å². The molecule has 3 rings (SSSR count). The molecule has 2 N–H and O–H groups in total. The van der Waals surface area contributed by atoms with Gasteiger partial charge in [0.05, 0.1) is 0 Å². The molecule has 116 valence electrons. The van der Waals surface area contributed by atoms with Gasteiger partial charge in [0, 0.05) is 12.2 Å². The number of aliphatic hydroxyl groups is 1. The second-order valence-electron chi connectivity index (χ2n) is 5.55. The molecule has 0 atom stereocenters. The van der Waals surface area contributed by atoms with E-state index < -0.39 is 0 Å². The van der Waals surface area contributed by atoms with Gasteiger partial charge < -0.3 is 10.2 Å². The number of hydrogen-bond donors (Lipinski definition) is 2. The molecule has 0 aliphatic rings. The van der Waals surface area contributed by atoms with Gasteiger partial charge >= 0.3 is 0 Å². The van der Waals surface area contributed by atoms with Gasteiger partial charge in [-0.1, -0.05) is 66.7 Å². The molecule has 2 nitrogen and oxygen atoms in total. The van der Waals surface area contributed by atoms with Crippen LogP contribution in [0.5, 0.6) is 5.75 Å². The van der Waals surface area contributed by atoms with Crippen LogP contribution >= 0.6 is 0 Å². The third kappa shape index (κ3) is 3.27. The summed E-state index contributed by atoms with van der Waals surface area (Å²) in [6.45, 7) is 0.148. The van der Waals surface area contributed by atoms with Crippen LogP contribution in [-0.2, 0) is 6.42 Å². The lowest BCUT2D eigenvalue weighted by molar-refractivity contribution is 0.288. The summed E-state index contributed by atoms with van der Waals surface area (Å²) in [5.74, 6) is 0.281. The Morgan fingerprint density at radius 3 is 2.13 bits per heavy atom. The second kappa shape index (κ2) is 7.12. The number of hydrogen-bond acceptors (Lipinski definition) is 2. The number of aromatic hydroxyl groups is 1. The molecule has 2 heteroatoms. The highest BCUT2D eigenvalue weighted by Gasteiger charge is 2.14. The molecule has 0 fully saturated rings. The second-order valence-corrected chi connectivity index (χ2v) is 5.55. The summed E-state index contributed by atoms with van der Waals surface area (Å²) in [6.07, 6.45) is 1.42. The van der Waals surface area contributed by atoms with Crippen molar-refractivity contribution in [1.29, 1.82) is 0 Å². The van der Waals surface area contributed by atoms with Gasteiger partial charge in [-0.25, -0.2) is 0 Å². The topological polar surface area (TPSA) is 40.5 Å². The van der Waals surface area contributed by atoms with E-state index in [9.17, 15) is 5.11 Å². The standard InChI is InChI=1S/C21H20O2/c22-15-7-11-17-10-6-14-20(23)21(17)19-13-5-4-12-18(19)16-8-2-1-3-9-16/h1-6,8-10,12-14,22-23H,7,11,15H2. The van der Waals surface area contributed by atoms with Crippen LogP contribution in [0.1, 0.15) is 12.0 Å². The normalized spacial score (nSPS) is 10.7. The molecule has 0 saturated heterocycles. The molecule has 23 heavy (non-hydrogen) atoms. The van der Waals surface area contributed by atoms with Crippen molar-refractivity contribution >= 4 is 0 Å². The van der Waals surface area contributed by atoms with Gasteiger partial charge in [0.15, 0.2) is 0 Å². The largest absolute Gasteiger partial charge is 0.507 e. The maximum Gasteiger partial charge on any atom is 0.123 e. The van der Waals surface area contributed by atoms with Crippen LogP contribution in [0.15, 0.2) is 72.8 Å². The molecule has 0 unspecified atom stereocenters. The zero-order valence-electron chi connectivity index (χ0n) is 12.9. The summed E-state index contributed by atoms with van der Waals surface area (Å²) in [6, 6.07) is 23.9. The average Bonchev–Trinajstić information content (AvgIpc) is 2.61. The maximum absolute atomic E-state index is 10.5. The SMILES string of the molecule is OCCCc1cccc(O)c1-c1ccccc1-c1ccccc1. The minimum Gasteiger partial charge on any atom is -0.507 e. The predicted molar refractivity (Wildman–Crippen MR) is 94.4 cm³/mol. The monoisotopic (exact) mass is 304 g/mol. The van der Waals surface area contributed by atoms with Crippen molar-refractivity contribution in [3.8, 4) is 28.0 Å². The smallest absolute Gasteiger partial charge is 0.123 e. The van der Waals surface area contributed by atoms with E-state index in [1.807, 2.05) is 48.5 Å². The van der Waals surface area contributed by atoms with E-state index in [4.69, 9.17) is 5.11 Å². The lowest BCUT2D eigenvalue weighted by atomic mass is 9.90. The van der Waals surface area contributed by atoms with Gasteiger partial charge in [-0.3, -0.25) is 0 Å². The van der Waals surface area contributed by atoms with Crippen LogP contribution in [-0.4, -0.2) is 16.8 Å². The van der Waals surface area contributed by atoms with Gasteiger partial charge in [0.1, 0.15) is 5.75 Å². The molecule has 0 aliphatic carbocycles. The lowest BCUT2D eigenvalue weighted by Crippen LogP contribution is -1.95. The first kappa shape index (κ1) is 15.3. The van der Waals surface area contributed by atoms with E-state index in [2.05, 4.69) is 18.2 Å². The molecule has 0 spiro atoms. The van der Waals surface area contributed by atoms with Crippen LogP contribution in [0.25, 0.3) is 22.3 Å². The lowest BCUT2D eigenvalue weighted by Gasteiger charge is -2.15. The average molecular weight is 304 g/mol. The first-order valence-corrected chi connectivity index (χ1v) is 7.88.